The lowest BCUT2D eigenvalue weighted by Crippen LogP contribution is -2.24. The number of nitrogens with one attached hydrogen (secondary N) is 1. The van der Waals surface area contributed by atoms with Crippen LogP contribution in [0.25, 0.3) is 10.4 Å². The fourth-order valence-electron chi connectivity index (χ4n) is 1.26. The number of carbonyl (C=O) groups excluding carboxylic acids is 1. The van der Waals surface area contributed by atoms with Gasteiger partial charge in [-0.05, 0) is 42.6 Å². The van der Waals surface area contributed by atoms with Crippen LogP contribution in [0.2, 0.25) is 0 Å². The van der Waals surface area contributed by atoms with Crippen LogP contribution < -0.4 is 5.32 Å². The Morgan fingerprint density at radius 2 is 2.06 bits per heavy atom. The predicted molar refractivity (Wildman–Crippen MR) is 69.7 cm³/mol. The number of azide groups is 1. The van der Waals surface area contributed by atoms with Gasteiger partial charge in [-0.1, -0.05) is 21.0 Å². The van der Waals surface area contributed by atoms with Crippen LogP contribution >= 0.6 is 15.9 Å². The summed E-state index contributed by atoms with van der Waals surface area (Å²) in [6, 6.07) is 7.19. The molecule has 0 saturated heterocycles. The Kier molecular flexibility index (Phi) is 6.14. The average molecular weight is 297 g/mol. The summed E-state index contributed by atoms with van der Waals surface area (Å²) < 4.78 is 0.948. The lowest BCUT2D eigenvalue weighted by molar-refractivity contribution is 0.0953. The smallest absolute Gasteiger partial charge is 0.251 e. The van der Waals surface area contributed by atoms with Crippen LogP contribution in [0.5, 0.6) is 0 Å². The van der Waals surface area contributed by atoms with Gasteiger partial charge in [0.05, 0.1) is 0 Å². The lowest BCUT2D eigenvalue weighted by Gasteiger charge is -2.04. The monoisotopic (exact) mass is 296 g/mol. The molecule has 1 aromatic rings. The summed E-state index contributed by atoms with van der Waals surface area (Å²) in [5.74, 6) is -0.0821. The molecule has 0 radical (unpaired) electrons. The van der Waals surface area contributed by atoms with Gasteiger partial charge in [0.25, 0.3) is 5.91 Å². The molecule has 17 heavy (non-hydrogen) atoms. The Morgan fingerprint density at radius 1 is 1.35 bits per heavy atom. The molecule has 1 amide bonds. The SMILES string of the molecule is [N-]=[N+]=NCCCCNC(=O)c1ccc(Br)cc1. The van der Waals surface area contributed by atoms with E-state index in [1.807, 2.05) is 12.1 Å². The molecule has 1 N–H and O–H groups in total. The number of amides is 1. The quantitative estimate of drug-likeness (QED) is 0.372. The van der Waals surface area contributed by atoms with E-state index in [1.54, 1.807) is 12.1 Å². The van der Waals surface area contributed by atoms with Crippen LogP contribution in [-0.4, -0.2) is 19.0 Å². The van der Waals surface area contributed by atoms with Crippen LogP contribution in [0.1, 0.15) is 23.2 Å². The predicted octanol–water partition coefficient (Wildman–Crippen LogP) is 3.27. The zero-order chi connectivity index (χ0) is 12.5. The third-order valence-corrected chi connectivity index (χ3v) is 2.67. The molecule has 0 spiro atoms. The van der Waals surface area contributed by atoms with E-state index < -0.39 is 0 Å². The van der Waals surface area contributed by atoms with Crippen molar-refractivity contribution in [2.75, 3.05) is 13.1 Å². The Labute approximate surface area is 108 Å². The summed E-state index contributed by atoms with van der Waals surface area (Å²) in [5, 5.41) is 6.23. The first-order valence-electron chi connectivity index (χ1n) is 5.28. The van der Waals surface area contributed by atoms with Crippen molar-refractivity contribution in [2.45, 2.75) is 12.8 Å². The minimum atomic E-state index is -0.0821. The molecule has 0 unspecified atom stereocenters. The Hall–Kier alpha value is -1.52. The lowest BCUT2D eigenvalue weighted by atomic mass is 10.2. The summed E-state index contributed by atoms with van der Waals surface area (Å²) in [5.41, 5.74) is 8.71. The molecule has 0 aliphatic rings. The van der Waals surface area contributed by atoms with Gasteiger partial charge in [-0.2, -0.15) is 0 Å². The Morgan fingerprint density at radius 3 is 2.71 bits per heavy atom. The Bertz CT molecular complexity index is 412. The number of halogens is 1. The zero-order valence-electron chi connectivity index (χ0n) is 9.27. The second-order valence-electron chi connectivity index (χ2n) is 3.42. The minimum Gasteiger partial charge on any atom is -0.352 e. The van der Waals surface area contributed by atoms with Gasteiger partial charge in [0.2, 0.25) is 0 Å². The topological polar surface area (TPSA) is 77.9 Å². The third-order valence-electron chi connectivity index (χ3n) is 2.14. The van der Waals surface area contributed by atoms with Crippen molar-refractivity contribution < 1.29 is 4.79 Å². The number of unbranched alkanes of at least 4 members (excludes halogenated alkanes) is 1. The van der Waals surface area contributed by atoms with Gasteiger partial charge in [0.1, 0.15) is 0 Å². The molecular weight excluding hydrogens is 284 g/mol. The fraction of sp³-hybridized carbons (Fsp3) is 0.364. The van der Waals surface area contributed by atoms with Gasteiger partial charge in [-0.25, -0.2) is 0 Å². The number of hydrogen-bond donors (Lipinski definition) is 1. The number of nitrogens with zero attached hydrogens (tertiary/aromatic N) is 3. The largest absolute Gasteiger partial charge is 0.352 e. The van der Waals surface area contributed by atoms with Crippen LogP contribution in [0.4, 0.5) is 0 Å². The highest BCUT2D eigenvalue weighted by Gasteiger charge is 2.03. The molecule has 0 fully saturated rings. The van der Waals surface area contributed by atoms with Crippen molar-refractivity contribution in [1.82, 2.24) is 5.32 Å². The normalized spacial score (nSPS) is 9.47. The van der Waals surface area contributed by atoms with Crippen molar-refractivity contribution in [2.24, 2.45) is 5.11 Å². The van der Waals surface area contributed by atoms with Gasteiger partial charge >= 0.3 is 0 Å². The number of carbonyl (C=O) groups is 1. The second kappa shape index (κ2) is 7.70. The summed E-state index contributed by atoms with van der Waals surface area (Å²) in [6.45, 7) is 1.07. The first kappa shape index (κ1) is 13.5. The van der Waals surface area contributed by atoms with E-state index in [2.05, 4.69) is 31.3 Å². The van der Waals surface area contributed by atoms with Crippen molar-refractivity contribution >= 4 is 21.8 Å². The number of benzene rings is 1. The third kappa shape index (κ3) is 5.38. The van der Waals surface area contributed by atoms with Crippen molar-refractivity contribution in [3.8, 4) is 0 Å². The van der Waals surface area contributed by atoms with E-state index in [0.717, 1.165) is 17.3 Å². The number of rotatable bonds is 6. The molecular formula is C11H13BrN4O. The maximum absolute atomic E-state index is 11.6. The van der Waals surface area contributed by atoms with Gasteiger partial charge < -0.3 is 5.32 Å². The first-order valence-corrected chi connectivity index (χ1v) is 6.08. The van der Waals surface area contributed by atoms with E-state index in [1.165, 1.54) is 0 Å². The van der Waals surface area contributed by atoms with Crippen molar-refractivity contribution in [1.29, 1.82) is 0 Å². The molecule has 1 aromatic carbocycles. The highest BCUT2D eigenvalue weighted by Crippen LogP contribution is 2.10. The van der Waals surface area contributed by atoms with E-state index in [-0.39, 0.29) is 5.91 Å². The van der Waals surface area contributed by atoms with Gasteiger partial charge in [0.15, 0.2) is 0 Å². The summed E-state index contributed by atoms with van der Waals surface area (Å²) in [4.78, 5) is 14.3. The van der Waals surface area contributed by atoms with E-state index in [4.69, 9.17) is 5.53 Å². The summed E-state index contributed by atoms with van der Waals surface area (Å²) in [7, 11) is 0. The molecule has 0 saturated carbocycles. The summed E-state index contributed by atoms with van der Waals surface area (Å²) >= 11 is 3.31. The standard InChI is InChI=1S/C11H13BrN4O/c12-10-5-3-9(4-6-10)11(17)14-7-1-2-8-15-16-13/h3-6H,1-2,7-8H2,(H,14,17). The molecule has 0 atom stereocenters. The van der Waals surface area contributed by atoms with Crippen LogP contribution in [0.3, 0.4) is 0 Å². The van der Waals surface area contributed by atoms with Crippen LogP contribution in [0, 0.1) is 0 Å². The van der Waals surface area contributed by atoms with Crippen LogP contribution in [0.15, 0.2) is 33.9 Å². The van der Waals surface area contributed by atoms with Gasteiger partial charge in [-0.3, -0.25) is 4.79 Å². The molecule has 1 rings (SSSR count). The van der Waals surface area contributed by atoms with Crippen LogP contribution in [-0.2, 0) is 0 Å². The second-order valence-corrected chi connectivity index (χ2v) is 4.34. The van der Waals surface area contributed by atoms with Gasteiger partial charge in [-0.15, -0.1) is 0 Å². The van der Waals surface area contributed by atoms with Gasteiger partial charge in [0, 0.05) is 28.0 Å². The molecule has 0 bridgehead atoms. The van der Waals surface area contributed by atoms with Crippen molar-refractivity contribution in [3.05, 3.63) is 44.7 Å². The maximum atomic E-state index is 11.6. The number of hydrogen-bond acceptors (Lipinski definition) is 2. The van der Waals surface area contributed by atoms with E-state index >= 15 is 0 Å². The average Bonchev–Trinajstić information content (AvgIpc) is 2.34. The highest BCUT2D eigenvalue weighted by atomic mass is 79.9. The van der Waals surface area contributed by atoms with Crippen molar-refractivity contribution in [3.63, 3.8) is 0 Å². The molecule has 0 aliphatic carbocycles. The first-order chi connectivity index (χ1) is 8.24. The zero-order valence-corrected chi connectivity index (χ0v) is 10.9. The van der Waals surface area contributed by atoms with E-state index in [0.29, 0.717) is 18.7 Å². The minimum absolute atomic E-state index is 0.0821. The molecule has 0 aliphatic heterocycles. The Balaban J connectivity index is 2.25. The molecule has 0 heterocycles. The molecule has 0 aromatic heterocycles. The highest BCUT2D eigenvalue weighted by molar-refractivity contribution is 9.10. The molecule has 90 valence electrons. The summed E-state index contributed by atoms with van der Waals surface area (Å²) in [6.07, 6.45) is 1.59. The van der Waals surface area contributed by atoms with E-state index in [9.17, 15) is 4.79 Å². The fourth-order valence-corrected chi connectivity index (χ4v) is 1.52. The maximum Gasteiger partial charge on any atom is 0.251 e. The molecule has 5 nitrogen and oxygen atoms in total. The molecule has 6 heteroatoms.